The van der Waals surface area contributed by atoms with Crippen LogP contribution in [0.2, 0.25) is 0 Å². The number of hydrogen-bond acceptors (Lipinski definition) is 2. The minimum absolute atomic E-state index is 0.0335. The standard InChI is InChI=1S/C17H21N3O/c1-3-15-16(17(21)18-14-9-10-14)12(2)19-20(15)11-13-7-5-4-6-8-13/h4-8,14H,3,9-11H2,1-2H3,(H,18,21). The molecule has 1 aliphatic rings. The van der Waals surface area contributed by atoms with Crippen LogP contribution in [-0.2, 0) is 13.0 Å². The second kappa shape index (κ2) is 5.72. The Morgan fingerprint density at radius 1 is 1.33 bits per heavy atom. The van der Waals surface area contributed by atoms with Gasteiger partial charge in [0.25, 0.3) is 5.91 Å². The van der Waals surface area contributed by atoms with Gasteiger partial charge in [0.05, 0.1) is 23.5 Å². The van der Waals surface area contributed by atoms with Crippen molar-refractivity contribution in [3.05, 3.63) is 52.8 Å². The van der Waals surface area contributed by atoms with Gasteiger partial charge in [-0.25, -0.2) is 0 Å². The molecule has 1 N–H and O–H groups in total. The molecule has 2 aromatic rings. The Balaban J connectivity index is 1.89. The first-order valence-corrected chi connectivity index (χ1v) is 7.60. The predicted octanol–water partition coefficient (Wildman–Crippen LogP) is 2.69. The predicted molar refractivity (Wildman–Crippen MR) is 82.4 cm³/mol. The van der Waals surface area contributed by atoms with E-state index in [1.165, 1.54) is 5.56 Å². The first-order chi connectivity index (χ1) is 10.2. The molecule has 1 aromatic heterocycles. The van der Waals surface area contributed by atoms with Crippen LogP contribution in [0, 0.1) is 6.92 Å². The van der Waals surface area contributed by atoms with Crippen molar-refractivity contribution in [2.24, 2.45) is 0 Å². The van der Waals surface area contributed by atoms with E-state index in [-0.39, 0.29) is 5.91 Å². The number of nitrogens with zero attached hydrogens (tertiary/aromatic N) is 2. The fourth-order valence-electron chi connectivity index (χ4n) is 2.66. The number of rotatable bonds is 5. The summed E-state index contributed by atoms with van der Waals surface area (Å²) in [5, 5.41) is 7.65. The lowest BCUT2D eigenvalue weighted by molar-refractivity contribution is 0.0949. The van der Waals surface area contributed by atoms with Crippen LogP contribution in [-0.4, -0.2) is 21.7 Å². The van der Waals surface area contributed by atoms with Gasteiger partial charge < -0.3 is 5.32 Å². The van der Waals surface area contributed by atoms with Crippen LogP contribution in [0.1, 0.15) is 47.1 Å². The summed E-state index contributed by atoms with van der Waals surface area (Å²) < 4.78 is 1.96. The van der Waals surface area contributed by atoms with E-state index in [0.29, 0.717) is 12.6 Å². The van der Waals surface area contributed by atoms with Gasteiger partial charge >= 0.3 is 0 Å². The Kier molecular flexibility index (Phi) is 3.78. The summed E-state index contributed by atoms with van der Waals surface area (Å²) >= 11 is 0. The first-order valence-electron chi connectivity index (χ1n) is 7.60. The van der Waals surface area contributed by atoms with Gasteiger partial charge in [0, 0.05) is 6.04 Å². The monoisotopic (exact) mass is 283 g/mol. The van der Waals surface area contributed by atoms with Crippen molar-refractivity contribution in [3.8, 4) is 0 Å². The zero-order valence-electron chi connectivity index (χ0n) is 12.6. The number of hydrogen-bond donors (Lipinski definition) is 1. The van der Waals surface area contributed by atoms with E-state index in [2.05, 4.69) is 29.5 Å². The highest BCUT2D eigenvalue weighted by molar-refractivity contribution is 5.96. The molecule has 4 nitrogen and oxygen atoms in total. The third-order valence-electron chi connectivity index (χ3n) is 3.88. The Morgan fingerprint density at radius 3 is 2.67 bits per heavy atom. The van der Waals surface area contributed by atoms with Crippen molar-refractivity contribution >= 4 is 5.91 Å². The number of aromatic nitrogens is 2. The zero-order valence-corrected chi connectivity index (χ0v) is 12.6. The summed E-state index contributed by atoms with van der Waals surface area (Å²) in [7, 11) is 0. The van der Waals surface area contributed by atoms with Gasteiger partial charge in [0.2, 0.25) is 0 Å². The molecule has 0 bridgehead atoms. The molecule has 0 unspecified atom stereocenters. The third kappa shape index (κ3) is 2.99. The van der Waals surface area contributed by atoms with Gasteiger partial charge in [-0.15, -0.1) is 0 Å². The van der Waals surface area contributed by atoms with E-state index >= 15 is 0 Å². The van der Waals surface area contributed by atoms with Crippen molar-refractivity contribution in [2.75, 3.05) is 0 Å². The highest BCUT2D eigenvalue weighted by Gasteiger charge is 2.27. The number of amides is 1. The van der Waals surface area contributed by atoms with E-state index < -0.39 is 0 Å². The van der Waals surface area contributed by atoms with Crippen LogP contribution in [0.4, 0.5) is 0 Å². The fourth-order valence-corrected chi connectivity index (χ4v) is 2.66. The number of nitrogens with one attached hydrogen (secondary N) is 1. The van der Waals surface area contributed by atoms with Gasteiger partial charge in [-0.1, -0.05) is 37.3 Å². The lowest BCUT2D eigenvalue weighted by Gasteiger charge is -2.08. The maximum Gasteiger partial charge on any atom is 0.255 e. The van der Waals surface area contributed by atoms with Crippen LogP contribution in [0.5, 0.6) is 0 Å². The molecule has 0 spiro atoms. The molecular weight excluding hydrogens is 262 g/mol. The molecule has 0 saturated heterocycles. The van der Waals surface area contributed by atoms with Crippen molar-refractivity contribution in [3.63, 3.8) is 0 Å². The normalized spacial score (nSPS) is 14.2. The smallest absolute Gasteiger partial charge is 0.255 e. The highest BCUT2D eigenvalue weighted by atomic mass is 16.1. The van der Waals surface area contributed by atoms with Gasteiger partial charge in [-0.3, -0.25) is 9.48 Å². The Labute approximate surface area is 125 Å². The SMILES string of the molecule is CCc1c(C(=O)NC2CC2)c(C)nn1Cc1ccccc1. The highest BCUT2D eigenvalue weighted by Crippen LogP contribution is 2.22. The van der Waals surface area contributed by atoms with Crippen LogP contribution in [0.25, 0.3) is 0 Å². The molecule has 21 heavy (non-hydrogen) atoms. The minimum atomic E-state index is 0.0335. The Hall–Kier alpha value is -2.10. The van der Waals surface area contributed by atoms with E-state index in [9.17, 15) is 4.79 Å². The first kappa shape index (κ1) is 13.9. The molecule has 1 saturated carbocycles. The summed E-state index contributed by atoms with van der Waals surface area (Å²) in [6, 6.07) is 10.6. The molecule has 0 atom stereocenters. The summed E-state index contributed by atoms with van der Waals surface area (Å²) in [5.74, 6) is 0.0335. The van der Waals surface area contributed by atoms with Crippen LogP contribution in [0.15, 0.2) is 30.3 Å². The molecule has 3 rings (SSSR count). The van der Waals surface area contributed by atoms with Gasteiger partial charge in [-0.2, -0.15) is 5.10 Å². The van der Waals surface area contributed by atoms with Gasteiger partial charge in [-0.05, 0) is 31.7 Å². The number of carbonyl (C=O) groups excluding carboxylic acids is 1. The lowest BCUT2D eigenvalue weighted by Crippen LogP contribution is -2.26. The topological polar surface area (TPSA) is 46.9 Å². The van der Waals surface area contributed by atoms with Gasteiger partial charge in [0.1, 0.15) is 0 Å². The molecular formula is C17H21N3O. The van der Waals surface area contributed by atoms with Crippen molar-refractivity contribution in [1.82, 2.24) is 15.1 Å². The maximum atomic E-state index is 12.4. The number of carbonyl (C=O) groups is 1. The summed E-state index contributed by atoms with van der Waals surface area (Å²) in [6.45, 7) is 4.70. The summed E-state index contributed by atoms with van der Waals surface area (Å²) in [5.41, 5.74) is 3.81. The summed E-state index contributed by atoms with van der Waals surface area (Å²) in [6.07, 6.45) is 3.01. The van der Waals surface area contributed by atoms with Crippen molar-refractivity contribution in [1.29, 1.82) is 0 Å². The molecule has 1 aliphatic carbocycles. The van der Waals surface area contributed by atoms with Crippen LogP contribution >= 0.6 is 0 Å². The average molecular weight is 283 g/mol. The number of benzene rings is 1. The maximum absolute atomic E-state index is 12.4. The second-order valence-electron chi connectivity index (χ2n) is 5.65. The average Bonchev–Trinajstić information content (AvgIpc) is 3.22. The van der Waals surface area contributed by atoms with E-state index in [1.54, 1.807) is 0 Å². The van der Waals surface area contributed by atoms with Gasteiger partial charge in [0.15, 0.2) is 0 Å². The zero-order chi connectivity index (χ0) is 14.8. The molecule has 1 fully saturated rings. The Bertz CT molecular complexity index is 642. The molecule has 1 heterocycles. The third-order valence-corrected chi connectivity index (χ3v) is 3.88. The Morgan fingerprint density at radius 2 is 2.05 bits per heavy atom. The van der Waals surface area contributed by atoms with Crippen molar-refractivity contribution < 1.29 is 4.79 Å². The van der Waals surface area contributed by atoms with Crippen LogP contribution in [0.3, 0.4) is 0 Å². The molecule has 0 aliphatic heterocycles. The number of aryl methyl sites for hydroxylation is 1. The molecule has 4 heteroatoms. The lowest BCUT2D eigenvalue weighted by atomic mass is 10.1. The largest absolute Gasteiger partial charge is 0.349 e. The fraction of sp³-hybridized carbons (Fsp3) is 0.412. The molecule has 1 amide bonds. The second-order valence-corrected chi connectivity index (χ2v) is 5.65. The van der Waals surface area contributed by atoms with E-state index in [1.807, 2.05) is 29.8 Å². The van der Waals surface area contributed by atoms with Crippen LogP contribution < -0.4 is 5.32 Å². The van der Waals surface area contributed by atoms with E-state index in [4.69, 9.17) is 0 Å². The van der Waals surface area contributed by atoms with E-state index in [0.717, 1.165) is 36.2 Å². The minimum Gasteiger partial charge on any atom is -0.349 e. The molecule has 110 valence electrons. The summed E-state index contributed by atoms with van der Waals surface area (Å²) in [4.78, 5) is 12.4. The molecule has 0 radical (unpaired) electrons. The van der Waals surface area contributed by atoms with Crippen molar-refractivity contribution in [2.45, 2.75) is 45.7 Å². The molecule has 1 aromatic carbocycles. The quantitative estimate of drug-likeness (QED) is 0.917.